The summed E-state index contributed by atoms with van der Waals surface area (Å²) in [7, 11) is 0. The van der Waals surface area contributed by atoms with Crippen LogP contribution < -0.4 is 5.32 Å². The molecule has 2 aromatic carbocycles. The number of carbonyl (C=O) groups is 3. The number of carbonyl (C=O) groups excluding carboxylic acids is 3. The molecular formula is C24H28N2O4. The van der Waals surface area contributed by atoms with Gasteiger partial charge in [0, 0.05) is 18.7 Å². The first-order valence-corrected chi connectivity index (χ1v) is 10.3. The molecule has 6 heteroatoms. The summed E-state index contributed by atoms with van der Waals surface area (Å²) in [6, 6.07) is 16.3. The number of anilines is 1. The Labute approximate surface area is 177 Å². The van der Waals surface area contributed by atoms with Crippen LogP contribution in [0.2, 0.25) is 0 Å². The normalized spacial score (nSPS) is 17.1. The van der Waals surface area contributed by atoms with E-state index in [4.69, 9.17) is 4.74 Å². The van der Waals surface area contributed by atoms with Crippen LogP contribution in [-0.2, 0) is 14.3 Å². The molecule has 30 heavy (non-hydrogen) atoms. The second-order valence-electron chi connectivity index (χ2n) is 8.09. The van der Waals surface area contributed by atoms with Crippen molar-refractivity contribution in [2.24, 2.45) is 11.8 Å². The number of hydrogen-bond donors (Lipinski definition) is 1. The van der Waals surface area contributed by atoms with Crippen molar-refractivity contribution in [2.45, 2.75) is 33.2 Å². The highest BCUT2D eigenvalue weighted by atomic mass is 16.5. The third-order valence-corrected chi connectivity index (χ3v) is 5.21. The molecule has 1 aliphatic heterocycles. The average molecular weight is 408 g/mol. The predicted molar refractivity (Wildman–Crippen MR) is 115 cm³/mol. The molecule has 1 heterocycles. The molecule has 6 nitrogen and oxygen atoms in total. The van der Waals surface area contributed by atoms with Crippen molar-refractivity contribution in [2.75, 3.05) is 18.5 Å². The molecule has 1 fully saturated rings. The molecule has 2 amide bonds. The van der Waals surface area contributed by atoms with Gasteiger partial charge in [-0.15, -0.1) is 0 Å². The first-order chi connectivity index (χ1) is 14.3. The van der Waals surface area contributed by atoms with E-state index >= 15 is 0 Å². The zero-order valence-corrected chi connectivity index (χ0v) is 17.6. The highest BCUT2D eigenvalue weighted by Gasteiger charge is 2.37. The number of hydrogen-bond acceptors (Lipinski definition) is 4. The maximum absolute atomic E-state index is 12.7. The fraction of sp³-hybridized carbons (Fsp3) is 0.375. The van der Waals surface area contributed by atoms with E-state index in [9.17, 15) is 14.4 Å². The number of ether oxygens (including phenoxy) is 1. The smallest absolute Gasteiger partial charge is 0.338 e. The molecule has 0 radical (unpaired) electrons. The highest BCUT2D eigenvalue weighted by molar-refractivity contribution is 5.98. The van der Waals surface area contributed by atoms with Gasteiger partial charge in [0.1, 0.15) is 0 Å². The van der Waals surface area contributed by atoms with Crippen LogP contribution >= 0.6 is 0 Å². The number of benzene rings is 2. The Morgan fingerprint density at radius 3 is 2.37 bits per heavy atom. The van der Waals surface area contributed by atoms with Gasteiger partial charge in [0.25, 0.3) is 0 Å². The summed E-state index contributed by atoms with van der Waals surface area (Å²) in [6.07, 6.45) is 0.197. The van der Waals surface area contributed by atoms with E-state index in [1.54, 1.807) is 29.2 Å². The van der Waals surface area contributed by atoms with E-state index < -0.39 is 5.92 Å². The SMILES string of the molecule is CC(C)COC(=O)c1ccc(NC(=O)[C@@H]2CC(=O)N([C@H](C)c3ccccc3)C2)cc1. The Balaban J connectivity index is 1.57. The maximum atomic E-state index is 12.7. The Hall–Kier alpha value is -3.15. The molecule has 0 aromatic heterocycles. The molecule has 0 bridgehead atoms. The second kappa shape index (κ2) is 9.57. The molecule has 0 saturated carbocycles. The first-order valence-electron chi connectivity index (χ1n) is 10.3. The maximum Gasteiger partial charge on any atom is 0.338 e. The lowest BCUT2D eigenvalue weighted by molar-refractivity contribution is -0.129. The fourth-order valence-electron chi connectivity index (χ4n) is 3.45. The van der Waals surface area contributed by atoms with Crippen LogP contribution in [0.1, 0.15) is 49.2 Å². The Morgan fingerprint density at radius 2 is 1.73 bits per heavy atom. The molecule has 158 valence electrons. The molecule has 1 saturated heterocycles. The zero-order chi connectivity index (χ0) is 21.7. The van der Waals surface area contributed by atoms with Gasteiger partial charge in [-0.1, -0.05) is 44.2 Å². The van der Waals surface area contributed by atoms with Crippen LogP contribution in [0.4, 0.5) is 5.69 Å². The molecule has 2 atom stereocenters. The third kappa shape index (κ3) is 5.26. The van der Waals surface area contributed by atoms with E-state index in [-0.39, 0.29) is 36.2 Å². The van der Waals surface area contributed by atoms with Gasteiger partial charge in [0.2, 0.25) is 11.8 Å². The topological polar surface area (TPSA) is 75.7 Å². The van der Waals surface area contributed by atoms with E-state index in [1.165, 1.54) is 0 Å². The van der Waals surface area contributed by atoms with Crippen LogP contribution in [-0.4, -0.2) is 35.8 Å². The van der Waals surface area contributed by atoms with Crippen molar-refractivity contribution in [1.29, 1.82) is 0 Å². The van der Waals surface area contributed by atoms with Crippen LogP contribution in [0, 0.1) is 11.8 Å². The lowest BCUT2D eigenvalue weighted by atomic mass is 10.1. The van der Waals surface area contributed by atoms with Crippen LogP contribution in [0.15, 0.2) is 54.6 Å². The van der Waals surface area contributed by atoms with Crippen LogP contribution in [0.25, 0.3) is 0 Å². The van der Waals surface area contributed by atoms with Gasteiger partial charge in [-0.3, -0.25) is 9.59 Å². The fourth-order valence-corrected chi connectivity index (χ4v) is 3.45. The summed E-state index contributed by atoms with van der Waals surface area (Å²) in [5, 5.41) is 2.85. The monoisotopic (exact) mass is 408 g/mol. The van der Waals surface area contributed by atoms with Gasteiger partial charge < -0.3 is 15.0 Å². The molecule has 0 unspecified atom stereocenters. The molecule has 1 aliphatic rings. The summed E-state index contributed by atoms with van der Waals surface area (Å²) < 4.78 is 5.20. The number of esters is 1. The lowest BCUT2D eigenvalue weighted by Gasteiger charge is -2.25. The lowest BCUT2D eigenvalue weighted by Crippen LogP contribution is -2.30. The average Bonchev–Trinajstić information content (AvgIpc) is 3.14. The second-order valence-corrected chi connectivity index (χ2v) is 8.09. The minimum absolute atomic E-state index is 0.0188. The molecule has 3 rings (SSSR count). The summed E-state index contributed by atoms with van der Waals surface area (Å²) >= 11 is 0. The first kappa shape index (κ1) is 21.6. The van der Waals surface area contributed by atoms with E-state index in [0.29, 0.717) is 24.4 Å². The minimum Gasteiger partial charge on any atom is -0.462 e. The van der Waals surface area contributed by atoms with Crippen molar-refractivity contribution < 1.29 is 19.1 Å². The van der Waals surface area contributed by atoms with Crippen molar-refractivity contribution in [1.82, 2.24) is 4.90 Å². The van der Waals surface area contributed by atoms with Crippen molar-refractivity contribution in [3.8, 4) is 0 Å². The Kier molecular flexibility index (Phi) is 6.87. The third-order valence-electron chi connectivity index (χ3n) is 5.21. The number of likely N-dealkylation sites (tertiary alicyclic amines) is 1. The summed E-state index contributed by atoms with van der Waals surface area (Å²) in [5.74, 6) is -0.727. The zero-order valence-electron chi connectivity index (χ0n) is 17.6. The van der Waals surface area contributed by atoms with Crippen molar-refractivity contribution >= 4 is 23.5 Å². The highest BCUT2D eigenvalue weighted by Crippen LogP contribution is 2.29. The van der Waals surface area contributed by atoms with Crippen LogP contribution in [0.3, 0.4) is 0 Å². The molecule has 0 spiro atoms. The van der Waals surface area contributed by atoms with E-state index in [0.717, 1.165) is 5.56 Å². The van der Waals surface area contributed by atoms with Gasteiger partial charge in [0.05, 0.1) is 24.1 Å². The number of amides is 2. The van der Waals surface area contributed by atoms with Crippen LogP contribution in [0.5, 0.6) is 0 Å². The number of nitrogens with zero attached hydrogens (tertiary/aromatic N) is 1. The Bertz CT molecular complexity index is 893. The van der Waals surface area contributed by atoms with E-state index in [1.807, 2.05) is 51.1 Å². The number of nitrogens with one attached hydrogen (secondary N) is 1. The van der Waals surface area contributed by atoms with Gasteiger partial charge >= 0.3 is 5.97 Å². The van der Waals surface area contributed by atoms with Gasteiger partial charge in [-0.25, -0.2) is 4.79 Å². The van der Waals surface area contributed by atoms with Gasteiger partial charge in [0.15, 0.2) is 0 Å². The summed E-state index contributed by atoms with van der Waals surface area (Å²) in [5.41, 5.74) is 2.07. The molecule has 1 N–H and O–H groups in total. The van der Waals surface area contributed by atoms with Crippen molar-refractivity contribution in [3.63, 3.8) is 0 Å². The minimum atomic E-state index is -0.403. The largest absolute Gasteiger partial charge is 0.462 e. The molecular weight excluding hydrogens is 380 g/mol. The summed E-state index contributed by atoms with van der Waals surface area (Å²) in [4.78, 5) is 38.9. The van der Waals surface area contributed by atoms with Gasteiger partial charge in [-0.05, 0) is 42.7 Å². The standard InChI is InChI=1S/C24H28N2O4/c1-16(2)15-30-24(29)19-9-11-21(12-10-19)25-23(28)20-13-22(27)26(14-20)17(3)18-7-5-4-6-8-18/h4-12,16-17,20H,13-15H2,1-3H3,(H,25,28)/t17-,20-/m1/s1. The molecule has 0 aliphatic carbocycles. The number of rotatable bonds is 7. The molecule has 2 aromatic rings. The quantitative estimate of drug-likeness (QED) is 0.702. The Morgan fingerprint density at radius 1 is 1.07 bits per heavy atom. The van der Waals surface area contributed by atoms with Crippen molar-refractivity contribution in [3.05, 3.63) is 65.7 Å². The van der Waals surface area contributed by atoms with E-state index in [2.05, 4.69) is 5.32 Å². The van der Waals surface area contributed by atoms with Gasteiger partial charge in [-0.2, -0.15) is 0 Å². The predicted octanol–water partition coefficient (Wildman–Crippen LogP) is 4.05. The summed E-state index contributed by atoms with van der Waals surface area (Å²) in [6.45, 7) is 6.68.